The summed E-state index contributed by atoms with van der Waals surface area (Å²) in [5.41, 5.74) is 0. The minimum atomic E-state index is 0.339. The number of nitrogens with one attached hydrogen (secondary N) is 1. The average molecular weight is 284 g/mol. The van der Waals surface area contributed by atoms with Crippen molar-refractivity contribution in [3.63, 3.8) is 0 Å². The summed E-state index contributed by atoms with van der Waals surface area (Å²) in [5, 5.41) is 5.47. The first-order chi connectivity index (χ1) is 8.72. The van der Waals surface area contributed by atoms with Crippen molar-refractivity contribution in [2.45, 2.75) is 26.4 Å². The van der Waals surface area contributed by atoms with Crippen LogP contribution in [0.15, 0.2) is 24.3 Å². The third-order valence-electron chi connectivity index (χ3n) is 2.78. The Hall–Kier alpha value is -0.610. The largest absolute Gasteiger partial charge is 0.380 e. The van der Waals surface area contributed by atoms with Crippen LogP contribution in [0.2, 0.25) is 5.02 Å². The molecule has 0 radical (unpaired) electrons. The third-order valence-corrected chi connectivity index (χ3v) is 4.50. The zero-order chi connectivity index (χ0) is 13.0. The number of ether oxygens (including phenoxy) is 1. The van der Waals surface area contributed by atoms with E-state index in [9.17, 15) is 0 Å². The predicted octanol–water partition coefficient (Wildman–Crippen LogP) is 4.07. The molecule has 1 unspecified atom stereocenters. The van der Waals surface area contributed by atoms with Gasteiger partial charge in [0.05, 0.1) is 11.6 Å². The average Bonchev–Trinajstić information content (AvgIpc) is 2.71. The number of hydrogen-bond donors (Lipinski definition) is 1. The molecular formula is C14H18ClNOS. The van der Waals surface area contributed by atoms with E-state index in [2.05, 4.69) is 24.4 Å². The van der Waals surface area contributed by atoms with E-state index < -0.39 is 0 Å². The zero-order valence-corrected chi connectivity index (χ0v) is 12.3. The molecule has 0 bridgehead atoms. The molecule has 0 amide bonds. The number of thiophene rings is 1. The molecule has 0 aliphatic heterocycles. The number of fused-ring (bicyclic) bond motifs is 1. The second-order valence-corrected chi connectivity index (χ2v) is 5.79. The Morgan fingerprint density at radius 3 is 2.89 bits per heavy atom. The number of rotatable bonds is 6. The fourth-order valence-electron chi connectivity index (χ4n) is 1.80. The van der Waals surface area contributed by atoms with Gasteiger partial charge in [-0.05, 0) is 19.9 Å². The molecule has 1 aromatic carbocycles. The van der Waals surface area contributed by atoms with E-state index >= 15 is 0 Å². The topological polar surface area (TPSA) is 21.3 Å². The van der Waals surface area contributed by atoms with Gasteiger partial charge in [0.15, 0.2) is 0 Å². The zero-order valence-electron chi connectivity index (χ0n) is 10.7. The Morgan fingerprint density at radius 1 is 1.39 bits per heavy atom. The summed E-state index contributed by atoms with van der Waals surface area (Å²) in [4.78, 5) is 1.20. The van der Waals surface area contributed by atoms with Gasteiger partial charge in [0.1, 0.15) is 0 Å². The summed E-state index contributed by atoms with van der Waals surface area (Å²) in [6.45, 7) is 6.42. The molecule has 0 fully saturated rings. The van der Waals surface area contributed by atoms with Gasteiger partial charge in [-0.2, -0.15) is 0 Å². The SMILES string of the molecule is CCOCC(C)NCc1sc2ccccc2c1Cl. The smallest absolute Gasteiger partial charge is 0.0636 e. The fourth-order valence-corrected chi connectivity index (χ4v) is 3.25. The molecule has 4 heteroatoms. The molecular weight excluding hydrogens is 266 g/mol. The monoisotopic (exact) mass is 283 g/mol. The highest BCUT2D eigenvalue weighted by Gasteiger charge is 2.10. The molecule has 2 rings (SSSR count). The van der Waals surface area contributed by atoms with Crippen LogP contribution in [0.25, 0.3) is 10.1 Å². The van der Waals surface area contributed by atoms with Gasteiger partial charge in [0.2, 0.25) is 0 Å². The van der Waals surface area contributed by atoms with Gasteiger partial charge < -0.3 is 10.1 Å². The molecule has 1 N–H and O–H groups in total. The summed E-state index contributed by atoms with van der Waals surface area (Å²) in [7, 11) is 0. The highest BCUT2D eigenvalue weighted by molar-refractivity contribution is 7.19. The van der Waals surface area contributed by atoms with Crippen molar-refractivity contribution >= 4 is 33.0 Å². The van der Waals surface area contributed by atoms with E-state index in [0.29, 0.717) is 6.04 Å². The van der Waals surface area contributed by atoms with Gasteiger partial charge in [-0.25, -0.2) is 0 Å². The first-order valence-corrected chi connectivity index (χ1v) is 7.38. The summed E-state index contributed by atoms with van der Waals surface area (Å²) in [6, 6.07) is 8.59. The maximum Gasteiger partial charge on any atom is 0.0636 e. The Balaban J connectivity index is 2.01. The maximum atomic E-state index is 6.38. The number of halogens is 1. The Morgan fingerprint density at radius 2 is 2.17 bits per heavy atom. The van der Waals surface area contributed by atoms with E-state index in [1.165, 1.54) is 9.58 Å². The summed E-state index contributed by atoms with van der Waals surface area (Å²) < 4.78 is 6.63. The van der Waals surface area contributed by atoms with Crippen molar-refractivity contribution in [1.82, 2.24) is 5.32 Å². The van der Waals surface area contributed by atoms with Crippen molar-refractivity contribution in [3.8, 4) is 0 Å². The second kappa shape index (κ2) is 6.53. The molecule has 0 saturated heterocycles. The van der Waals surface area contributed by atoms with Crippen molar-refractivity contribution < 1.29 is 4.74 Å². The van der Waals surface area contributed by atoms with E-state index in [1.807, 2.05) is 19.1 Å². The first kappa shape index (κ1) is 13.8. The van der Waals surface area contributed by atoms with Gasteiger partial charge in [0.25, 0.3) is 0 Å². The molecule has 1 heterocycles. The van der Waals surface area contributed by atoms with Gasteiger partial charge >= 0.3 is 0 Å². The Labute approximate surface area is 117 Å². The van der Waals surface area contributed by atoms with Crippen molar-refractivity contribution in [2.24, 2.45) is 0 Å². The molecule has 0 aliphatic carbocycles. The van der Waals surface area contributed by atoms with Crippen LogP contribution in [0.1, 0.15) is 18.7 Å². The molecule has 1 aromatic heterocycles. The van der Waals surface area contributed by atoms with Crippen molar-refractivity contribution in [1.29, 1.82) is 0 Å². The standard InChI is InChI=1S/C14H18ClNOS/c1-3-17-9-10(2)16-8-13-14(15)11-6-4-5-7-12(11)18-13/h4-7,10,16H,3,8-9H2,1-2H3. The molecule has 18 heavy (non-hydrogen) atoms. The Kier molecular flexibility index (Phi) is 5.01. The molecule has 2 aromatic rings. The van der Waals surface area contributed by atoms with Crippen LogP contribution in [0, 0.1) is 0 Å². The minimum absolute atomic E-state index is 0.339. The molecule has 98 valence electrons. The van der Waals surface area contributed by atoms with E-state index in [4.69, 9.17) is 16.3 Å². The van der Waals surface area contributed by atoms with Crippen LogP contribution < -0.4 is 5.32 Å². The van der Waals surface area contributed by atoms with E-state index in [-0.39, 0.29) is 0 Å². The van der Waals surface area contributed by atoms with E-state index in [0.717, 1.165) is 30.2 Å². The van der Waals surface area contributed by atoms with Crippen LogP contribution >= 0.6 is 22.9 Å². The summed E-state index contributed by atoms with van der Waals surface area (Å²) in [6.07, 6.45) is 0. The van der Waals surface area contributed by atoms with E-state index in [1.54, 1.807) is 11.3 Å². The number of hydrogen-bond acceptors (Lipinski definition) is 3. The van der Waals surface area contributed by atoms with Gasteiger partial charge in [-0.15, -0.1) is 11.3 Å². The number of benzene rings is 1. The van der Waals surface area contributed by atoms with Crippen molar-refractivity contribution in [3.05, 3.63) is 34.2 Å². The van der Waals surface area contributed by atoms with Crippen LogP contribution in [0.4, 0.5) is 0 Å². The minimum Gasteiger partial charge on any atom is -0.380 e. The third kappa shape index (κ3) is 3.23. The predicted molar refractivity (Wildman–Crippen MR) is 79.6 cm³/mol. The van der Waals surface area contributed by atoms with Crippen molar-refractivity contribution in [2.75, 3.05) is 13.2 Å². The van der Waals surface area contributed by atoms with Crippen LogP contribution in [0.3, 0.4) is 0 Å². The van der Waals surface area contributed by atoms with Crippen LogP contribution in [0.5, 0.6) is 0 Å². The first-order valence-electron chi connectivity index (χ1n) is 6.19. The fraction of sp³-hybridized carbons (Fsp3) is 0.429. The molecule has 0 spiro atoms. The molecule has 2 nitrogen and oxygen atoms in total. The van der Waals surface area contributed by atoms with Gasteiger partial charge in [-0.3, -0.25) is 0 Å². The molecule has 1 atom stereocenters. The Bertz CT molecular complexity index is 511. The lowest BCUT2D eigenvalue weighted by Gasteiger charge is -2.12. The van der Waals surface area contributed by atoms with Crippen LogP contribution in [-0.4, -0.2) is 19.3 Å². The molecule has 0 aliphatic rings. The summed E-state index contributed by atoms with van der Waals surface area (Å²) >= 11 is 8.14. The highest BCUT2D eigenvalue weighted by Crippen LogP contribution is 2.34. The highest BCUT2D eigenvalue weighted by atomic mass is 35.5. The normalized spacial score (nSPS) is 13.1. The quantitative estimate of drug-likeness (QED) is 0.863. The lowest BCUT2D eigenvalue weighted by atomic mass is 10.2. The lowest BCUT2D eigenvalue weighted by molar-refractivity contribution is 0.127. The lowest BCUT2D eigenvalue weighted by Crippen LogP contribution is -2.29. The second-order valence-electron chi connectivity index (χ2n) is 4.28. The van der Waals surface area contributed by atoms with Gasteiger partial charge in [-0.1, -0.05) is 29.8 Å². The van der Waals surface area contributed by atoms with Gasteiger partial charge in [0, 0.05) is 34.2 Å². The maximum absolute atomic E-state index is 6.38. The van der Waals surface area contributed by atoms with Crippen LogP contribution in [-0.2, 0) is 11.3 Å². The summed E-state index contributed by atoms with van der Waals surface area (Å²) in [5.74, 6) is 0. The molecule has 0 saturated carbocycles.